The largest absolute Gasteiger partial charge is 0.399 e. The van der Waals surface area contributed by atoms with Gasteiger partial charge in [0.15, 0.2) is 0 Å². The van der Waals surface area contributed by atoms with E-state index >= 15 is 0 Å². The molecule has 0 saturated carbocycles. The molecule has 0 aliphatic carbocycles. The molecule has 84 valence electrons. The number of rotatable bonds is 3. The smallest absolute Gasteiger partial charge is 0.250 e. The minimum atomic E-state index is -0.509. The number of amides is 1. The zero-order valence-corrected chi connectivity index (χ0v) is 9.40. The Balaban J connectivity index is 3.17. The summed E-state index contributed by atoms with van der Waals surface area (Å²) in [6.07, 6.45) is 3.10. The van der Waals surface area contributed by atoms with Crippen LogP contribution in [0.15, 0.2) is 28.8 Å². The number of nitrogen functional groups attached to an aromatic ring is 1. The fourth-order valence-electron chi connectivity index (χ4n) is 1.42. The van der Waals surface area contributed by atoms with Gasteiger partial charge in [-0.2, -0.15) is 0 Å². The highest BCUT2D eigenvalue weighted by Crippen LogP contribution is 2.14. The van der Waals surface area contributed by atoms with E-state index in [0.717, 1.165) is 11.1 Å². The molecule has 4 heteroatoms. The molecule has 0 atom stereocenters. The first kappa shape index (κ1) is 12.0. The van der Waals surface area contributed by atoms with Crippen LogP contribution < -0.4 is 11.5 Å². The quantitative estimate of drug-likeness (QED) is 0.452. The normalized spacial score (nSPS) is 12.0. The number of carbonyl (C=O) groups is 1. The molecule has 0 fully saturated rings. The van der Waals surface area contributed by atoms with Crippen LogP contribution in [-0.4, -0.2) is 19.2 Å². The van der Waals surface area contributed by atoms with Crippen molar-refractivity contribution in [1.82, 2.24) is 0 Å². The minimum Gasteiger partial charge on any atom is -0.399 e. The predicted molar refractivity (Wildman–Crippen MR) is 67.2 cm³/mol. The Bertz CT molecular complexity index is 441. The van der Waals surface area contributed by atoms with Gasteiger partial charge in [-0.15, -0.1) is 0 Å². The number of nitrogens with two attached hydrogens (primary N) is 2. The summed E-state index contributed by atoms with van der Waals surface area (Å²) in [7, 11) is 1.58. The lowest BCUT2D eigenvalue weighted by atomic mass is 10.1. The zero-order valence-electron chi connectivity index (χ0n) is 9.40. The molecule has 0 radical (unpaired) electrons. The number of hydrogen-bond donors (Lipinski definition) is 2. The predicted octanol–water partition coefficient (Wildman–Crippen LogP) is 1.15. The summed E-state index contributed by atoms with van der Waals surface area (Å²) < 4.78 is 0. The summed E-state index contributed by atoms with van der Waals surface area (Å²) in [6, 6.07) is 5.55. The van der Waals surface area contributed by atoms with Crippen LogP contribution >= 0.6 is 0 Å². The highest BCUT2D eigenvalue weighted by molar-refractivity contribution is 6.15. The monoisotopic (exact) mass is 217 g/mol. The van der Waals surface area contributed by atoms with Crippen molar-refractivity contribution in [3.63, 3.8) is 0 Å². The van der Waals surface area contributed by atoms with Gasteiger partial charge in [0.2, 0.25) is 5.91 Å². The lowest BCUT2D eigenvalue weighted by Crippen LogP contribution is -2.14. The topological polar surface area (TPSA) is 81.5 Å². The lowest BCUT2D eigenvalue weighted by Gasteiger charge is -2.01. The third-order valence-corrected chi connectivity index (χ3v) is 2.00. The van der Waals surface area contributed by atoms with E-state index in [-0.39, 0.29) is 0 Å². The van der Waals surface area contributed by atoms with Crippen LogP contribution in [0.3, 0.4) is 0 Å². The molecule has 0 aliphatic heterocycles. The van der Waals surface area contributed by atoms with Crippen molar-refractivity contribution in [2.24, 2.45) is 10.7 Å². The maximum atomic E-state index is 11.1. The molecule has 0 spiro atoms. The van der Waals surface area contributed by atoms with Crippen molar-refractivity contribution in [2.45, 2.75) is 6.92 Å². The Kier molecular flexibility index (Phi) is 3.83. The molecule has 1 aromatic rings. The molecule has 0 unspecified atom stereocenters. The molecular weight excluding hydrogens is 202 g/mol. The first-order chi connectivity index (χ1) is 7.52. The summed E-state index contributed by atoms with van der Waals surface area (Å²) in [4.78, 5) is 14.9. The van der Waals surface area contributed by atoms with Gasteiger partial charge in [-0.3, -0.25) is 9.79 Å². The molecule has 0 bridgehead atoms. The van der Waals surface area contributed by atoms with Crippen molar-refractivity contribution in [1.29, 1.82) is 0 Å². The van der Waals surface area contributed by atoms with E-state index in [0.29, 0.717) is 11.3 Å². The average molecular weight is 217 g/mol. The van der Waals surface area contributed by atoms with E-state index in [4.69, 9.17) is 11.5 Å². The zero-order chi connectivity index (χ0) is 12.1. The third kappa shape index (κ3) is 3.24. The molecule has 1 rings (SSSR count). The fraction of sp³-hybridized carbons (Fsp3) is 0.167. The Hall–Kier alpha value is -2.10. The molecule has 0 heterocycles. The molecular formula is C12H15N3O. The number of carbonyl (C=O) groups excluding carboxylic acids is 1. The van der Waals surface area contributed by atoms with Crippen molar-refractivity contribution in [2.75, 3.05) is 12.8 Å². The van der Waals surface area contributed by atoms with Crippen LogP contribution in [0.1, 0.15) is 11.1 Å². The van der Waals surface area contributed by atoms with Gasteiger partial charge >= 0.3 is 0 Å². The van der Waals surface area contributed by atoms with Gasteiger partial charge in [-0.05, 0) is 36.3 Å². The Labute approximate surface area is 94.7 Å². The highest BCUT2D eigenvalue weighted by atomic mass is 16.1. The standard InChI is InChI=1S/C12H15N3O/c1-8-3-9(6-11(13)4-8)5-10(7-15-2)12(14)16/h3-7H,13H2,1-2H3,(H2,14,16)/b10-5+,15-7?. The van der Waals surface area contributed by atoms with E-state index in [1.54, 1.807) is 19.2 Å². The Morgan fingerprint density at radius 1 is 1.38 bits per heavy atom. The first-order valence-electron chi connectivity index (χ1n) is 4.83. The van der Waals surface area contributed by atoms with E-state index in [1.165, 1.54) is 6.21 Å². The molecule has 1 aromatic carbocycles. The second-order valence-electron chi connectivity index (χ2n) is 3.53. The number of anilines is 1. The van der Waals surface area contributed by atoms with Gasteiger partial charge in [0.1, 0.15) is 0 Å². The first-order valence-corrected chi connectivity index (χ1v) is 4.83. The number of nitrogens with zero attached hydrogens (tertiary/aromatic N) is 1. The summed E-state index contributed by atoms with van der Waals surface area (Å²) in [5, 5.41) is 0. The summed E-state index contributed by atoms with van der Waals surface area (Å²) >= 11 is 0. The van der Waals surface area contributed by atoms with Crippen LogP contribution in [-0.2, 0) is 4.79 Å². The molecule has 16 heavy (non-hydrogen) atoms. The molecule has 0 aliphatic rings. The molecule has 4 nitrogen and oxygen atoms in total. The van der Waals surface area contributed by atoms with Crippen molar-refractivity contribution < 1.29 is 4.79 Å². The summed E-state index contributed by atoms with van der Waals surface area (Å²) in [5.74, 6) is -0.509. The third-order valence-electron chi connectivity index (χ3n) is 2.00. The van der Waals surface area contributed by atoms with Crippen molar-refractivity contribution in [3.05, 3.63) is 34.9 Å². The summed E-state index contributed by atoms with van der Waals surface area (Å²) in [5.41, 5.74) is 13.8. The van der Waals surface area contributed by atoms with Gasteiger partial charge in [0, 0.05) is 18.9 Å². The Morgan fingerprint density at radius 2 is 2.06 bits per heavy atom. The number of primary amides is 1. The molecule has 1 amide bonds. The lowest BCUT2D eigenvalue weighted by molar-refractivity contribution is -0.114. The van der Waals surface area contributed by atoms with Gasteiger partial charge in [0.25, 0.3) is 0 Å². The number of aliphatic imine (C=N–C) groups is 1. The Morgan fingerprint density at radius 3 is 2.56 bits per heavy atom. The number of aryl methyl sites for hydroxylation is 1. The second-order valence-corrected chi connectivity index (χ2v) is 3.53. The van der Waals surface area contributed by atoms with E-state index in [2.05, 4.69) is 4.99 Å². The van der Waals surface area contributed by atoms with Gasteiger partial charge in [-0.25, -0.2) is 0 Å². The van der Waals surface area contributed by atoms with Crippen molar-refractivity contribution in [3.8, 4) is 0 Å². The van der Waals surface area contributed by atoms with Gasteiger partial charge in [-0.1, -0.05) is 6.07 Å². The van der Waals surface area contributed by atoms with Crippen LogP contribution in [0.5, 0.6) is 0 Å². The molecule has 4 N–H and O–H groups in total. The van der Waals surface area contributed by atoms with E-state index in [1.807, 2.05) is 19.1 Å². The minimum absolute atomic E-state index is 0.354. The molecule has 0 saturated heterocycles. The number of hydrogen-bond acceptors (Lipinski definition) is 3. The van der Waals surface area contributed by atoms with Crippen LogP contribution in [0, 0.1) is 6.92 Å². The van der Waals surface area contributed by atoms with E-state index < -0.39 is 5.91 Å². The van der Waals surface area contributed by atoms with Gasteiger partial charge in [0.05, 0.1) is 5.57 Å². The molecule has 0 aromatic heterocycles. The van der Waals surface area contributed by atoms with Gasteiger partial charge < -0.3 is 11.5 Å². The van der Waals surface area contributed by atoms with E-state index in [9.17, 15) is 4.79 Å². The number of benzene rings is 1. The average Bonchev–Trinajstić information content (AvgIpc) is 2.15. The SMILES string of the molecule is CN=C/C(=C\c1cc(C)cc(N)c1)C(N)=O. The summed E-state index contributed by atoms with van der Waals surface area (Å²) in [6.45, 7) is 1.94. The van der Waals surface area contributed by atoms with Crippen LogP contribution in [0.25, 0.3) is 6.08 Å². The second kappa shape index (κ2) is 5.11. The highest BCUT2D eigenvalue weighted by Gasteiger charge is 2.02. The fourth-order valence-corrected chi connectivity index (χ4v) is 1.42. The maximum Gasteiger partial charge on any atom is 0.250 e. The van der Waals surface area contributed by atoms with Crippen molar-refractivity contribution >= 4 is 23.9 Å². The maximum absolute atomic E-state index is 11.1. The van der Waals surface area contributed by atoms with Crippen LogP contribution in [0.2, 0.25) is 0 Å². The van der Waals surface area contributed by atoms with Crippen LogP contribution in [0.4, 0.5) is 5.69 Å².